The third-order valence-electron chi connectivity index (χ3n) is 2.07. The van der Waals surface area contributed by atoms with Crippen LogP contribution in [-0.2, 0) is 4.79 Å². The van der Waals surface area contributed by atoms with E-state index in [4.69, 9.17) is 5.11 Å². The molecule has 1 rings (SSSR count). The van der Waals surface area contributed by atoms with Crippen LogP contribution >= 0.6 is 0 Å². The van der Waals surface area contributed by atoms with Gasteiger partial charge in [-0.05, 0) is 18.6 Å². The Bertz CT molecular complexity index is 527. The Hall–Kier alpha value is -2.35. The zero-order chi connectivity index (χ0) is 13.5. The summed E-state index contributed by atoms with van der Waals surface area (Å²) >= 11 is 0. The Labute approximate surface area is 105 Å². The zero-order valence-electron chi connectivity index (χ0n) is 10.3. The number of aromatic nitrogens is 1. The SMILES string of the molecule is CC(=O)NCCC#Cc1cc(C)cnc1C(=O)O. The van der Waals surface area contributed by atoms with Gasteiger partial charge in [-0.2, -0.15) is 0 Å². The maximum absolute atomic E-state index is 10.9. The van der Waals surface area contributed by atoms with E-state index < -0.39 is 5.97 Å². The van der Waals surface area contributed by atoms with E-state index in [-0.39, 0.29) is 11.6 Å². The standard InChI is InChI=1S/C13H14N2O3/c1-9-7-11(12(13(17)18)15-8-9)5-3-4-6-14-10(2)16/h7-8H,4,6H2,1-2H3,(H,14,16)(H,17,18). The maximum Gasteiger partial charge on any atom is 0.355 e. The number of nitrogens with one attached hydrogen (secondary N) is 1. The topological polar surface area (TPSA) is 79.3 Å². The van der Waals surface area contributed by atoms with Crippen molar-refractivity contribution in [1.29, 1.82) is 0 Å². The molecule has 2 N–H and O–H groups in total. The van der Waals surface area contributed by atoms with Crippen molar-refractivity contribution < 1.29 is 14.7 Å². The summed E-state index contributed by atoms with van der Waals surface area (Å²) in [7, 11) is 0. The second-order valence-electron chi connectivity index (χ2n) is 3.75. The second-order valence-corrected chi connectivity index (χ2v) is 3.75. The summed E-state index contributed by atoms with van der Waals surface area (Å²) in [4.78, 5) is 25.4. The molecule has 0 aliphatic rings. The van der Waals surface area contributed by atoms with Crippen molar-refractivity contribution in [1.82, 2.24) is 10.3 Å². The van der Waals surface area contributed by atoms with E-state index in [9.17, 15) is 9.59 Å². The molecule has 94 valence electrons. The van der Waals surface area contributed by atoms with Crippen LogP contribution in [-0.4, -0.2) is 28.5 Å². The Morgan fingerprint density at radius 3 is 2.83 bits per heavy atom. The quantitative estimate of drug-likeness (QED) is 0.615. The molecule has 0 aliphatic carbocycles. The summed E-state index contributed by atoms with van der Waals surface area (Å²) in [6, 6.07) is 1.68. The molecule has 0 aliphatic heterocycles. The summed E-state index contributed by atoms with van der Waals surface area (Å²) in [5.41, 5.74) is 1.20. The fraction of sp³-hybridized carbons (Fsp3) is 0.308. The first-order valence-electron chi connectivity index (χ1n) is 5.44. The molecule has 1 aromatic rings. The molecule has 18 heavy (non-hydrogen) atoms. The van der Waals surface area contributed by atoms with Crippen LogP contribution in [0.3, 0.4) is 0 Å². The Kier molecular flexibility index (Phi) is 4.88. The van der Waals surface area contributed by atoms with E-state index in [0.29, 0.717) is 18.5 Å². The summed E-state index contributed by atoms with van der Waals surface area (Å²) in [6.07, 6.45) is 1.96. The van der Waals surface area contributed by atoms with Crippen molar-refractivity contribution >= 4 is 11.9 Å². The summed E-state index contributed by atoms with van der Waals surface area (Å²) in [5.74, 6) is 4.37. The monoisotopic (exact) mass is 246 g/mol. The van der Waals surface area contributed by atoms with Gasteiger partial charge in [0, 0.05) is 26.1 Å². The number of amides is 1. The van der Waals surface area contributed by atoms with Crippen molar-refractivity contribution in [2.75, 3.05) is 6.54 Å². The maximum atomic E-state index is 10.9. The average molecular weight is 246 g/mol. The van der Waals surface area contributed by atoms with Crippen LogP contribution in [0.2, 0.25) is 0 Å². The lowest BCUT2D eigenvalue weighted by molar-refractivity contribution is -0.118. The molecular weight excluding hydrogens is 232 g/mol. The molecule has 0 spiro atoms. The third-order valence-corrected chi connectivity index (χ3v) is 2.07. The van der Waals surface area contributed by atoms with Crippen molar-refractivity contribution in [2.45, 2.75) is 20.3 Å². The fourth-order valence-corrected chi connectivity index (χ4v) is 1.29. The van der Waals surface area contributed by atoms with E-state index >= 15 is 0 Å². The van der Waals surface area contributed by atoms with Crippen LogP contribution < -0.4 is 5.32 Å². The predicted octanol–water partition coefficient (Wildman–Crippen LogP) is 0.966. The van der Waals surface area contributed by atoms with E-state index in [0.717, 1.165) is 5.56 Å². The Balaban J connectivity index is 2.77. The van der Waals surface area contributed by atoms with Crippen LogP contribution in [0.5, 0.6) is 0 Å². The third kappa shape index (κ3) is 4.26. The van der Waals surface area contributed by atoms with Crippen LogP contribution in [0.25, 0.3) is 0 Å². The predicted molar refractivity (Wildman–Crippen MR) is 66.1 cm³/mol. The zero-order valence-corrected chi connectivity index (χ0v) is 10.3. The van der Waals surface area contributed by atoms with Gasteiger partial charge in [-0.25, -0.2) is 9.78 Å². The number of nitrogens with zero attached hydrogens (tertiary/aromatic N) is 1. The van der Waals surface area contributed by atoms with Crippen LogP contribution in [0.15, 0.2) is 12.3 Å². The number of carbonyl (C=O) groups is 2. The van der Waals surface area contributed by atoms with Gasteiger partial charge in [0.2, 0.25) is 5.91 Å². The molecular formula is C13H14N2O3. The Morgan fingerprint density at radius 1 is 1.50 bits per heavy atom. The second kappa shape index (κ2) is 6.40. The molecule has 5 nitrogen and oxygen atoms in total. The van der Waals surface area contributed by atoms with Crippen molar-refractivity contribution in [3.05, 3.63) is 29.1 Å². The first kappa shape index (κ1) is 13.7. The molecule has 5 heteroatoms. The number of aromatic carboxylic acids is 1. The smallest absolute Gasteiger partial charge is 0.355 e. The highest BCUT2D eigenvalue weighted by molar-refractivity contribution is 5.88. The van der Waals surface area contributed by atoms with Gasteiger partial charge < -0.3 is 10.4 Å². The number of hydrogen-bond acceptors (Lipinski definition) is 3. The highest BCUT2D eigenvalue weighted by Crippen LogP contribution is 2.07. The van der Waals surface area contributed by atoms with Gasteiger partial charge in [-0.3, -0.25) is 4.79 Å². The minimum absolute atomic E-state index is 0.0485. The number of aryl methyl sites for hydroxylation is 1. The number of pyridine rings is 1. The summed E-state index contributed by atoms with van der Waals surface area (Å²) in [6.45, 7) is 3.70. The molecule has 0 aromatic carbocycles. The number of hydrogen-bond donors (Lipinski definition) is 2. The summed E-state index contributed by atoms with van der Waals surface area (Å²) < 4.78 is 0. The normalized spacial score (nSPS) is 9.22. The van der Waals surface area contributed by atoms with Gasteiger partial charge in [-0.1, -0.05) is 11.8 Å². The van der Waals surface area contributed by atoms with Crippen molar-refractivity contribution in [2.24, 2.45) is 0 Å². The molecule has 0 fully saturated rings. The van der Waals surface area contributed by atoms with Gasteiger partial charge in [-0.15, -0.1) is 0 Å². The van der Waals surface area contributed by atoms with E-state index in [1.165, 1.54) is 13.1 Å². The lowest BCUT2D eigenvalue weighted by atomic mass is 10.1. The largest absolute Gasteiger partial charge is 0.476 e. The van der Waals surface area contributed by atoms with Gasteiger partial charge >= 0.3 is 5.97 Å². The summed E-state index contributed by atoms with van der Waals surface area (Å²) in [5, 5.41) is 11.6. The van der Waals surface area contributed by atoms with Gasteiger partial charge in [0.1, 0.15) is 0 Å². The average Bonchev–Trinajstić information content (AvgIpc) is 2.27. The lowest BCUT2D eigenvalue weighted by Crippen LogP contribution is -2.20. The molecule has 1 amide bonds. The highest BCUT2D eigenvalue weighted by Gasteiger charge is 2.09. The van der Waals surface area contributed by atoms with Crippen LogP contribution in [0.1, 0.15) is 35.0 Å². The van der Waals surface area contributed by atoms with Crippen LogP contribution in [0.4, 0.5) is 0 Å². The molecule has 0 unspecified atom stereocenters. The first-order chi connectivity index (χ1) is 8.50. The molecule has 0 bridgehead atoms. The molecule has 0 saturated carbocycles. The number of carbonyl (C=O) groups excluding carboxylic acids is 1. The first-order valence-corrected chi connectivity index (χ1v) is 5.44. The highest BCUT2D eigenvalue weighted by atomic mass is 16.4. The number of carboxylic acid groups (broad SMARTS) is 1. The number of rotatable bonds is 3. The van der Waals surface area contributed by atoms with Crippen LogP contribution in [0, 0.1) is 18.8 Å². The van der Waals surface area contributed by atoms with E-state index in [1.807, 2.05) is 6.92 Å². The number of carboxylic acids is 1. The van der Waals surface area contributed by atoms with E-state index in [2.05, 4.69) is 22.1 Å². The molecule has 0 radical (unpaired) electrons. The molecule has 1 heterocycles. The fourth-order valence-electron chi connectivity index (χ4n) is 1.29. The van der Waals surface area contributed by atoms with E-state index in [1.54, 1.807) is 6.07 Å². The lowest BCUT2D eigenvalue weighted by Gasteiger charge is -1.99. The minimum atomic E-state index is -1.10. The minimum Gasteiger partial charge on any atom is -0.476 e. The van der Waals surface area contributed by atoms with Gasteiger partial charge in [0.25, 0.3) is 0 Å². The Morgan fingerprint density at radius 2 is 2.22 bits per heavy atom. The van der Waals surface area contributed by atoms with Gasteiger partial charge in [0.05, 0.1) is 5.56 Å². The molecule has 0 saturated heterocycles. The van der Waals surface area contributed by atoms with Gasteiger partial charge in [0.15, 0.2) is 5.69 Å². The van der Waals surface area contributed by atoms with Crippen molar-refractivity contribution in [3.63, 3.8) is 0 Å². The molecule has 0 atom stereocenters. The van der Waals surface area contributed by atoms with Crippen molar-refractivity contribution in [3.8, 4) is 11.8 Å². The molecule has 1 aromatic heterocycles.